The summed E-state index contributed by atoms with van der Waals surface area (Å²) in [5, 5.41) is 3.63. The number of thiophene rings is 1. The van der Waals surface area contributed by atoms with E-state index in [2.05, 4.69) is 9.88 Å². The normalized spacial score (nSPS) is 11.5. The van der Waals surface area contributed by atoms with Crippen LogP contribution in [0.25, 0.3) is 10.4 Å². The fraction of sp³-hybridized carbons (Fsp3) is 0.133. The smallest absolute Gasteiger partial charge is 0.263 e. The van der Waals surface area contributed by atoms with E-state index in [1.807, 2.05) is 19.1 Å². The largest absolute Gasteiger partial charge is 0.360 e. The van der Waals surface area contributed by atoms with Gasteiger partial charge in [0.25, 0.3) is 10.0 Å². The summed E-state index contributed by atoms with van der Waals surface area (Å²) in [6.07, 6.45) is 0. The van der Waals surface area contributed by atoms with Crippen LogP contribution in [0.1, 0.15) is 10.6 Å². The molecule has 0 amide bonds. The molecule has 22 heavy (non-hydrogen) atoms. The molecule has 114 valence electrons. The van der Waals surface area contributed by atoms with Gasteiger partial charge in [0.1, 0.15) is 5.76 Å². The van der Waals surface area contributed by atoms with Crippen LogP contribution >= 0.6 is 11.3 Å². The first-order valence-corrected chi connectivity index (χ1v) is 8.87. The number of hydrogen-bond acceptors (Lipinski definition) is 5. The lowest BCUT2D eigenvalue weighted by Crippen LogP contribution is -2.12. The minimum Gasteiger partial charge on any atom is -0.360 e. The van der Waals surface area contributed by atoms with E-state index in [1.54, 1.807) is 42.5 Å². The molecule has 0 unspecified atom stereocenters. The van der Waals surface area contributed by atoms with Crippen molar-refractivity contribution in [1.82, 2.24) is 5.16 Å². The van der Waals surface area contributed by atoms with Crippen molar-refractivity contribution in [3.63, 3.8) is 0 Å². The third-order valence-electron chi connectivity index (χ3n) is 3.06. The summed E-state index contributed by atoms with van der Waals surface area (Å²) in [5.74, 6) is 0.719. The molecule has 0 fully saturated rings. The highest BCUT2D eigenvalue weighted by atomic mass is 32.2. The van der Waals surface area contributed by atoms with Gasteiger partial charge in [-0.2, -0.15) is 0 Å². The van der Waals surface area contributed by atoms with Crippen LogP contribution in [0.2, 0.25) is 0 Å². The average Bonchev–Trinajstić information content (AvgIpc) is 3.07. The Kier molecular flexibility index (Phi) is 3.76. The summed E-state index contributed by atoms with van der Waals surface area (Å²) in [6.45, 7) is 3.74. The van der Waals surface area contributed by atoms with E-state index in [4.69, 9.17) is 4.52 Å². The minimum atomic E-state index is -3.66. The lowest BCUT2D eigenvalue weighted by atomic mass is 10.2. The highest BCUT2D eigenvalue weighted by molar-refractivity contribution is 7.92. The van der Waals surface area contributed by atoms with Gasteiger partial charge in [-0.1, -0.05) is 17.3 Å². The SMILES string of the molecule is Cc1cc(NS(=O)(=O)c2ccc(-c3ccc(C)s3)cc2)no1. The number of benzene rings is 1. The number of aryl methyl sites for hydroxylation is 2. The molecule has 0 radical (unpaired) electrons. The van der Waals surface area contributed by atoms with Crippen molar-refractivity contribution in [3.05, 3.63) is 53.1 Å². The number of aromatic nitrogens is 1. The van der Waals surface area contributed by atoms with Gasteiger partial charge in [-0.05, 0) is 43.7 Å². The molecule has 0 bridgehead atoms. The van der Waals surface area contributed by atoms with Crippen molar-refractivity contribution in [3.8, 4) is 10.4 Å². The van der Waals surface area contributed by atoms with Crippen molar-refractivity contribution < 1.29 is 12.9 Å². The lowest BCUT2D eigenvalue weighted by Gasteiger charge is -2.05. The summed E-state index contributed by atoms with van der Waals surface area (Å²) in [6, 6.07) is 12.4. The fourth-order valence-corrected chi connectivity index (χ4v) is 3.86. The molecule has 0 saturated carbocycles. The molecule has 0 aliphatic carbocycles. The van der Waals surface area contributed by atoms with E-state index in [9.17, 15) is 8.42 Å². The Balaban J connectivity index is 1.85. The lowest BCUT2D eigenvalue weighted by molar-refractivity contribution is 0.400. The maximum Gasteiger partial charge on any atom is 0.263 e. The number of anilines is 1. The van der Waals surface area contributed by atoms with Crippen molar-refractivity contribution in [2.45, 2.75) is 18.7 Å². The van der Waals surface area contributed by atoms with Crippen LogP contribution in [0, 0.1) is 13.8 Å². The van der Waals surface area contributed by atoms with Crippen LogP contribution in [0.3, 0.4) is 0 Å². The monoisotopic (exact) mass is 334 g/mol. The molecule has 0 spiro atoms. The van der Waals surface area contributed by atoms with Gasteiger partial charge in [-0.15, -0.1) is 11.3 Å². The molecular formula is C15H14N2O3S2. The highest BCUT2D eigenvalue weighted by Gasteiger charge is 2.16. The Morgan fingerprint density at radius 1 is 1.09 bits per heavy atom. The van der Waals surface area contributed by atoms with E-state index in [-0.39, 0.29) is 10.7 Å². The molecule has 0 aliphatic heterocycles. The molecule has 7 heteroatoms. The van der Waals surface area contributed by atoms with E-state index < -0.39 is 10.0 Å². The summed E-state index contributed by atoms with van der Waals surface area (Å²) < 4.78 is 31.8. The molecule has 0 saturated heterocycles. The zero-order valence-corrected chi connectivity index (χ0v) is 13.7. The molecule has 0 atom stereocenters. The average molecular weight is 334 g/mol. The predicted molar refractivity (Wildman–Crippen MR) is 86.5 cm³/mol. The van der Waals surface area contributed by atoms with E-state index in [1.165, 1.54) is 10.9 Å². The fourth-order valence-electron chi connectivity index (χ4n) is 2.00. The van der Waals surface area contributed by atoms with Crippen molar-refractivity contribution in [2.24, 2.45) is 0 Å². The van der Waals surface area contributed by atoms with Gasteiger partial charge in [0.05, 0.1) is 4.90 Å². The third-order valence-corrected chi connectivity index (χ3v) is 5.48. The van der Waals surface area contributed by atoms with Crippen LogP contribution in [0.15, 0.2) is 51.9 Å². The van der Waals surface area contributed by atoms with Crippen LogP contribution in [0.5, 0.6) is 0 Å². The molecule has 5 nitrogen and oxygen atoms in total. The van der Waals surface area contributed by atoms with Crippen molar-refractivity contribution >= 4 is 27.2 Å². The van der Waals surface area contributed by atoms with Crippen LogP contribution in [-0.4, -0.2) is 13.6 Å². The van der Waals surface area contributed by atoms with Gasteiger partial charge in [0, 0.05) is 15.8 Å². The Morgan fingerprint density at radius 2 is 1.82 bits per heavy atom. The summed E-state index contributed by atoms with van der Waals surface area (Å²) >= 11 is 1.67. The predicted octanol–water partition coefficient (Wildman–Crippen LogP) is 3.82. The molecule has 0 aliphatic rings. The van der Waals surface area contributed by atoms with E-state index in [0.717, 1.165) is 10.4 Å². The molecule has 3 rings (SSSR count). The van der Waals surface area contributed by atoms with Gasteiger partial charge >= 0.3 is 0 Å². The highest BCUT2D eigenvalue weighted by Crippen LogP contribution is 2.28. The number of sulfonamides is 1. The Hall–Kier alpha value is -2.12. The molecule has 2 aromatic heterocycles. The summed E-state index contributed by atoms with van der Waals surface area (Å²) in [7, 11) is -3.66. The second kappa shape index (κ2) is 5.58. The Labute approximate surface area is 132 Å². The zero-order chi connectivity index (χ0) is 15.7. The minimum absolute atomic E-state index is 0.176. The second-order valence-electron chi connectivity index (χ2n) is 4.86. The van der Waals surface area contributed by atoms with Crippen LogP contribution < -0.4 is 4.72 Å². The molecule has 2 heterocycles. The Bertz CT molecular complexity index is 893. The first kappa shape index (κ1) is 14.8. The molecular weight excluding hydrogens is 320 g/mol. The molecule has 1 N–H and O–H groups in total. The number of nitrogens with one attached hydrogen (secondary N) is 1. The van der Waals surface area contributed by atoms with Crippen molar-refractivity contribution in [2.75, 3.05) is 4.72 Å². The van der Waals surface area contributed by atoms with Gasteiger partial charge in [-0.25, -0.2) is 8.42 Å². The topological polar surface area (TPSA) is 72.2 Å². The first-order chi connectivity index (χ1) is 10.4. The quantitative estimate of drug-likeness (QED) is 0.787. The van der Waals surface area contributed by atoms with Gasteiger partial charge < -0.3 is 4.52 Å². The number of rotatable bonds is 4. The maximum absolute atomic E-state index is 12.3. The number of hydrogen-bond donors (Lipinski definition) is 1. The first-order valence-electron chi connectivity index (χ1n) is 6.57. The van der Waals surface area contributed by atoms with Crippen molar-refractivity contribution in [1.29, 1.82) is 0 Å². The Morgan fingerprint density at radius 3 is 2.36 bits per heavy atom. The van der Waals surface area contributed by atoms with Gasteiger partial charge in [0.2, 0.25) is 0 Å². The van der Waals surface area contributed by atoms with Gasteiger partial charge in [-0.3, -0.25) is 4.72 Å². The number of nitrogens with zero attached hydrogens (tertiary/aromatic N) is 1. The van der Waals surface area contributed by atoms with Crippen LogP contribution in [-0.2, 0) is 10.0 Å². The molecule has 3 aromatic rings. The summed E-state index contributed by atoms with van der Waals surface area (Å²) in [4.78, 5) is 2.52. The maximum atomic E-state index is 12.3. The zero-order valence-electron chi connectivity index (χ0n) is 12.0. The molecule has 1 aromatic carbocycles. The van der Waals surface area contributed by atoms with E-state index in [0.29, 0.717) is 5.76 Å². The van der Waals surface area contributed by atoms with E-state index >= 15 is 0 Å². The second-order valence-corrected chi connectivity index (χ2v) is 7.83. The third kappa shape index (κ3) is 3.05. The van der Waals surface area contributed by atoms with Crippen LogP contribution in [0.4, 0.5) is 5.82 Å². The standard InChI is InChI=1S/C15H14N2O3S2/c1-10-9-15(16-20-10)17-22(18,19)13-6-4-12(5-7-13)14-8-3-11(2)21-14/h3-9H,1-2H3,(H,16,17). The van der Waals surface area contributed by atoms with Gasteiger partial charge in [0.15, 0.2) is 5.82 Å². The summed E-state index contributed by atoms with van der Waals surface area (Å²) in [5.41, 5.74) is 0.995.